The van der Waals surface area contributed by atoms with Gasteiger partial charge in [-0.2, -0.15) is 5.10 Å². The number of benzene rings is 1. The first-order chi connectivity index (χ1) is 7.75. The summed E-state index contributed by atoms with van der Waals surface area (Å²) in [5.41, 5.74) is 4.28. The summed E-state index contributed by atoms with van der Waals surface area (Å²) in [4.78, 5) is 5.81. The fourth-order valence-electron chi connectivity index (χ4n) is 1.88. The van der Waals surface area contributed by atoms with Crippen molar-refractivity contribution in [2.24, 2.45) is 4.99 Å². The smallest absolute Gasteiger partial charge is 0.132 e. The fraction of sp³-hybridized carbons (Fsp3) is 0.167. The molecule has 16 heavy (non-hydrogen) atoms. The molecule has 0 unspecified atom stereocenters. The van der Waals surface area contributed by atoms with Crippen LogP contribution >= 0.6 is 11.8 Å². The van der Waals surface area contributed by atoms with Crippen LogP contribution in [0.25, 0.3) is 0 Å². The van der Waals surface area contributed by atoms with Crippen LogP contribution in [0.3, 0.4) is 0 Å². The van der Waals surface area contributed by atoms with Crippen LogP contribution in [0, 0.1) is 6.92 Å². The molecule has 3 nitrogen and oxygen atoms in total. The van der Waals surface area contributed by atoms with Crippen molar-refractivity contribution >= 4 is 23.2 Å². The van der Waals surface area contributed by atoms with Gasteiger partial charge in [0, 0.05) is 16.3 Å². The lowest BCUT2D eigenvalue weighted by Crippen LogP contribution is -1.95. The first-order valence-corrected chi connectivity index (χ1v) is 5.95. The fourth-order valence-corrected chi connectivity index (χ4v) is 2.95. The summed E-state index contributed by atoms with van der Waals surface area (Å²) in [6.07, 6.45) is 0. The molecular formula is C12H11N3S. The van der Waals surface area contributed by atoms with Gasteiger partial charge >= 0.3 is 0 Å². The number of aryl methyl sites for hydroxylation is 1. The zero-order chi connectivity index (χ0) is 11.1. The van der Waals surface area contributed by atoms with E-state index in [1.807, 2.05) is 32.0 Å². The molecule has 1 N–H and O–H groups in total. The Morgan fingerprint density at radius 1 is 1.19 bits per heavy atom. The lowest BCUT2D eigenvalue weighted by Gasteiger charge is -1.99. The van der Waals surface area contributed by atoms with Crippen molar-refractivity contribution in [3.8, 4) is 0 Å². The monoisotopic (exact) mass is 229 g/mol. The van der Waals surface area contributed by atoms with Crippen molar-refractivity contribution < 1.29 is 0 Å². The maximum Gasteiger partial charge on any atom is 0.132 e. The summed E-state index contributed by atoms with van der Waals surface area (Å²) < 4.78 is 0. The SMILES string of the molecule is CC1=Nc2ccccc2Sc2n[nH]c(C)c21. The van der Waals surface area contributed by atoms with Crippen LogP contribution in [0.2, 0.25) is 0 Å². The first-order valence-electron chi connectivity index (χ1n) is 5.13. The molecule has 1 aliphatic rings. The number of hydrogen-bond donors (Lipinski definition) is 1. The molecule has 2 heterocycles. The molecule has 0 aliphatic carbocycles. The van der Waals surface area contributed by atoms with E-state index in [2.05, 4.69) is 21.3 Å². The number of para-hydroxylation sites is 1. The average Bonchev–Trinajstić information content (AvgIpc) is 2.56. The molecular weight excluding hydrogens is 218 g/mol. The molecule has 0 atom stereocenters. The number of aromatic nitrogens is 2. The van der Waals surface area contributed by atoms with Crippen LogP contribution in [0.4, 0.5) is 5.69 Å². The third kappa shape index (κ3) is 1.38. The van der Waals surface area contributed by atoms with Gasteiger partial charge in [-0.1, -0.05) is 23.9 Å². The molecule has 0 radical (unpaired) electrons. The lowest BCUT2D eigenvalue weighted by atomic mass is 10.2. The predicted octanol–water partition coefficient (Wildman–Crippen LogP) is 3.32. The second kappa shape index (κ2) is 3.49. The topological polar surface area (TPSA) is 41.0 Å². The molecule has 0 saturated carbocycles. The van der Waals surface area contributed by atoms with Gasteiger partial charge in [-0.3, -0.25) is 10.1 Å². The van der Waals surface area contributed by atoms with Gasteiger partial charge in [0.2, 0.25) is 0 Å². The Morgan fingerprint density at radius 3 is 2.88 bits per heavy atom. The Labute approximate surface area is 98.0 Å². The van der Waals surface area contributed by atoms with Crippen molar-refractivity contribution in [1.82, 2.24) is 10.2 Å². The van der Waals surface area contributed by atoms with Crippen LogP contribution in [-0.4, -0.2) is 15.9 Å². The highest BCUT2D eigenvalue weighted by molar-refractivity contribution is 7.99. The van der Waals surface area contributed by atoms with Crippen LogP contribution in [0.1, 0.15) is 18.2 Å². The average molecular weight is 229 g/mol. The maximum atomic E-state index is 4.65. The standard InChI is InChI=1S/C12H11N3S/c1-7-11-8(2)14-15-12(11)16-10-6-4-3-5-9(10)13-7/h3-6H,1-2H3,(H,14,15). The van der Waals surface area contributed by atoms with E-state index in [-0.39, 0.29) is 0 Å². The number of aliphatic imine (C=N–C) groups is 1. The Bertz CT molecular complexity index is 584. The summed E-state index contributed by atoms with van der Waals surface area (Å²) in [6.45, 7) is 4.06. The van der Waals surface area contributed by atoms with E-state index in [4.69, 9.17) is 0 Å². The molecule has 1 aromatic carbocycles. The van der Waals surface area contributed by atoms with Gasteiger partial charge < -0.3 is 0 Å². The molecule has 0 spiro atoms. The molecule has 0 amide bonds. The predicted molar refractivity (Wildman–Crippen MR) is 65.8 cm³/mol. The van der Waals surface area contributed by atoms with Crippen LogP contribution in [0.15, 0.2) is 39.2 Å². The number of aromatic amines is 1. The third-order valence-electron chi connectivity index (χ3n) is 2.64. The molecule has 2 aromatic rings. The van der Waals surface area contributed by atoms with E-state index in [1.165, 1.54) is 0 Å². The summed E-state index contributed by atoms with van der Waals surface area (Å²) in [5, 5.41) is 8.36. The van der Waals surface area contributed by atoms with Crippen molar-refractivity contribution in [2.75, 3.05) is 0 Å². The maximum absolute atomic E-state index is 4.65. The molecule has 80 valence electrons. The Morgan fingerprint density at radius 2 is 2.00 bits per heavy atom. The highest BCUT2D eigenvalue weighted by Gasteiger charge is 2.19. The molecule has 1 aliphatic heterocycles. The van der Waals surface area contributed by atoms with Gasteiger partial charge in [-0.05, 0) is 26.0 Å². The Kier molecular flexibility index (Phi) is 2.11. The molecule has 4 heteroatoms. The summed E-state index contributed by atoms with van der Waals surface area (Å²) >= 11 is 1.67. The first kappa shape index (κ1) is 9.66. The van der Waals surface area contributed by atoms with Crippen LogP contribution < -0.4 is 0 Å². The Hall–Kier alpha value is -1.55. The number of nitrogens with zero attached hydrogens (tertiary/aromatic N) is 2. The van der Waals surface area contributed by atoms with Crippen molar-refractivity contribution in [1.29, 1.82) is 0 Å². The highest BCUT2D eigenvalue weighted by atomic mass is 32.2. The molecule has 1 aromatic heterocycles. The zero-order valence-electron chi connectivity index (χ0n) is 9.11. The number of hydrogen-bond acceptors (Lipinski definition) is 3. The van der Waals surface area contributed by atoms with E-state index in [9.17, 15) is 0 Å². The number of nitrogens with one attached hydrogen (secondary N) is 1. The molecule has 0 fully saturated rings. The third-order valence-corrected chi connectivity index (χ3v) is 3.69. The zero-order valence-corrected chi connectivity index (χ0v) is 9.93. The minimum absolute atomic E-state index is 1.02. The van der Waals surface area contributed by atoms with Gasteiger partial charge in [0.15, 0.2) is 0 Å². The molecule has 3 rings (SSSR count). The summed E-state index contributed by atoms with van der Waals surface area (Å²) in [5.74, 6) is 0. The van der Waals surface area contributed by atoms with E-state index in [1.54, 1.807) is 11.8 Å². The van der Waals surface area contributed by atoms with E-state index < -0.39 is 0 Å². The van der Waals surface area contributed by atoms with Crippen LogP contribution in [0.5, 0.6) is 0 Å². The van der Waals surface area contributed by atoms with Gasteiger partial charge in [-0.25, -0.2) is 0 Å². The van der Waals surface area contributed by atoms with Gasteiger partial charge in [-0.15, -0.1) is 0 Å². The quantitative estimate of drug-likeness (QED) is 0.752. The number of fused-ring (bicyclic) bond motifs is 2. The van der Waals surface area contributed by atoms with E-state index >= 15 is 0 Å². The van der Waals surface area contributed by atoms with E-state index in [0.717, 1.165) is 32.6 Å². The minimum Gasteiger partial charge on any atom is -0.281 e. The summed E-state index contributed by atoms with van der Waals surface area (Å²) in [7, 11) is 0. The lowest BCUT2D eigenvalue weighted by molar-refractivity contribution is 0.982. The molecule has 0 saturated heterocycles. The highest BCUT2D eigenvalue weighted by Crippen LogP contribution is 2.39. The summed E-state index contributed by atoms with van der Waals surface area (Å²) in [6, 6.07) is 8.16. The molecule has 0 bridgehead atoms. The number of rotatable bonds is 0. The van der Waals surface area contributed by atoms with Gasteiger partial charge in [0.1, 0.15) is 5.03 Å². The van der Waals surface area contributed by atoms with Gasteiger partial charge in [0.25, 0.3) is 0 Å². The second-order valence-electron chi connectivity index (χ2n) is 3.80. The van der Waals surface area contributed by atoms with Gasteiger partial charge in [0.05, 0.1) is 11.3 Å². The van der Waals surface area contributed by atoms with Crippen molar-refractivity contribution in [2.45, 2.75) is 23.8 Å². The van der Waals surface area contributed by atoms with E-state index in [0.29, 0.717) is 0 Å². The van der Waals surface area contributed by atoms with Crippen LogP contribution in [-0.2, 0) is 0 Å². The largest absolute Gasteiger partial charge is 0.281 e. The normalized spacial score (nSPS) is 13.8. The second-order valence-corrected chi connectivity index (χ2v) is 4.83. The number of H-pyrrole nitrogens is 1. The van der Waals surface area contributed by atoms with Crippen molar-refractivity contribution in [3.63, 3.8) is 0 Å². The minimum atomic E-state index is 1.02. The Balaban J connectivity index is 2.26. The van der Waals surface area contributed by atoms with Crippen molar-refractivity contribution in [3.05, 3.63) is 35.5 Å².